The molecule has 0 radical (unpaired) electrons. The van der Waals surface area contributed by atoms with Crippen LogP contribution in [-0.4, -0.2) is 75.9 Å². The molecule has 3 aliphatic heterocycles. The van der Waals surface area contributed by atoms with Gasteiger partial charge in [-0.3, -0.25) is 14.4 Å². The topological polar surface area (TPSA) is 89.7 Å². The molecule has 2 amide bonds. The molecule has 0 unspecified atom stereocenters. The molecular weight excluding hydrogens is 386 g/mol. The Hall–Kier alpha value is -3.46. The van der Waals surface area contributed by atoms with Crippen molar-refractivity contribution >= 4 is 11.8 Å². The Kier molecular flexibility index (Phi) is 5.37. The van der Waals surface area contributed by atoms with Gasteiger partial charge in [-0.25, -0.2) is 0 Å². The summed E-state index contributed by atoms with van der Waals surface area (Å²) in [5, 5.41) is 4.47. The third kappa shape index (κ3) is 3.59. The lowest BCUT2D eigenvalue weighted by atomic mass is 10.1. The number of fused-ring (bicyclic) bond motifs is 1. The van der Waals surface area contributed by atoms with Gasteiger partial charge in [0.2, 0.25) is 5.91 Å². The second-order valence-corrected chi connectivity index (χ2v) is 7.26. The molecule has 0 aliphatic carbocycles. The van der Waals surface area contributed by atoms with E-state index in [-0.39, 0.29) is 24.0 Å². The van der Waals surface area contributed by atoms with Crippen molar-refractivity contribution in [1.82, 2.24) is 24.1 Å². The van der Waals surface area contributed by atoms with Crippen molar-refractivity contribution in [2.75, 3.05) is 39.9 Å². The second kappa shape index (κ2) is 8.11. The van der Waals surface area contributed by atoms with Crippen LogP contribution in [-0.2, 0) is 16.6 Å². The van der Waals surface area contributed by atoms with Gasteiger partial charge >= 0.3 is 0 Å². The van der Waals surface area contributed by atoms with E-state index in [1.165, 1.54) is 11.8 Å². The van der Waals surface area contributed by atoms with E-state index < -0.39 is 0 Å². The van der Waals surface area contributed by atoms with Crippen LogP contribution in [0.5, 0.6) is 0 Å². The van der Waals surface area contributed by atoms with Gasteiger partial charge in [0.05, 0.1) is 16.8 Å². The van der Waals surface area contributed by atoms with E-state index in [0.717, 1.165) is 0 Å². The number of aryl methyl sites for hydroxylation is 1. The molecule has 0 bridgehead atoms. The molecule has 0 atom stereocenters. The minimum Gasteiger partial charge on any atom is -0.375 e. The average molecular weight is 409 g/mol. The van der Waals surface area contributed by atoms with Gasteiger partial charge in [0.25, 0.3) is 11.5 Å². The summed E-state index contributed by atoms with van der Waals surface area (Å²) in [5.41, 5.74) is 1.52. The van der Waals surface area contributed by atoms with Crippen LogP contribution >= 0.6 is 0 Å². The fourth-order valence-electron chi connectivity index (χ4n) is 3.68. The summed E-state index contributed by atoms with van der Waals surface area (Å²) < 4.78 is 7.92. The molecule has 9 nitrogen and oxygen atoms in total. The number of carbonyl (C=O) groups excluding carboxylic acids is 2. The molecule has 0 spiro atoms. The zero-order valence-corrected chi connectivity index (χ0v) is 16.9. The lowest BCUT2D eigenvalue weighted by molar-refractivity contribution is -0.136. The van der Waals surface area contributed by atoms with E-state index >= 15 is 0 Å². The third-order valence-electron chi connectivity index (χ3n) is 5.22. The molecule has 156 valence electrons. The number of ether oxygens (including phenoxy) is 1. The van der Waals surface area contributed by atoms with Crippen molar-refractivity contribution < 1.29 is 14.3 Å². The summed E-state index contributed by atoms with van der Waals surface area (Å²) in [6, 6.07) is 9.12. The molecule has 1 aromatic carbocycles. The lowest BCUT2D eigenvalue weighted by Gasteiger charge is -2.34. The number of carbonyl (C=O) groups is 2. The van der Waals surface area contributed by atoms with Crippen LogP contribution in [0.4, 0.5) is 0 Å². The first-order chi connectivity index (χ1) is 14.5. The maximum Gasteiger partial charge on any atom is 0.282 e. The number of hydrogen-bond acceptors (Lipinski definition) is 5. The van der Waals surface area contributed by atoms with Gasteiger partial charge in [0.1, 0.15) is 12.3 Å². The molecule has 1 aromatic rings. The number of rotatable bonds is 4. The molecule has 4 rings (SSSR count). The summed E-state index contributed by atoms with van der Waals surface area (Å²) in [6.07, 6.45) is 3.37. The van der Waals surface area contributed by atoms with E-state index in [4.69, 9.17) is 4.74 Å². The number of para-hydroxylation sites is 1. The number of amides is 2. The minimum atomic E-state index is -0.267. The van der Waals surface area contributed by atoms with Crippen molar-refractivity contribution in [1.29, 1.82) is 0 Å². The Morgan fingerprint density at radius 1 is 1.03 bits per heavy atom. The van der Waals surface area contributed by atoms with Crippen LogP contribution in [0.25, 0.3) is 16.9 Å². The minimum absolute atomic E-state index is 0.0340. The standard InChI is InChI=1S/C21H23N5O4/c1-23-12-16(20(28)25-10-8-24(9-11-25)18(27)14-30-2)19-17(13-23)21(29)26(22-19)15-6-4-3-5-7-15/h3-7,12-13H,8-11,14H2,1-2H3. The first-order valence-electron chi connectivity index (χ1n) is 9.70. The summed E-state index contributed by atoms with van der Waals surface area (Å²) in [6.45, 7) is 1.75. The normalized spacial score (nSPS) is 14.3. The Bertz CT molecular complexity index is 1100. The summed E-state index contributed by atoms with van der Waals surface area (Å²) in [5.74, 6) is -0.288. The van der Waals surface area contributed by atoms with Gasteiger partial charge < -0.3 is 19.1 Å². The van der Waals surface area contributed by atoms with Crippen LogP contribution in [0.2, 0.25) is 0 Å². The zero-order chi connectivity index (χ0) is 21.3. The highest BCUT2D eigenvalue weighted by atomic mass is 16.5. The highest BCUT2D eigenvalue weighted by Gasteiger charge is 2.29. The maximum atomic E-state index is 13.3. The predicted octanol–water partition coefficient (Wildman–Crippen LogP) is 0.607. The summed E-state index contributed by atoms with van der Waals surface area (Å²) in [7, 11) is 3.26. The molecule has 1 fully saturated rings. The molecule has 0 saturated carbocycles. The fourth-order valence-corrected chi connectivity index (χ4v) is 3.68. The molecule has 3 heterocycles. The van der Waals surface area contributed by atoms with Crippen LogP contribution in [0.15, 0.2) is 47.5 Å². The molecule has 0 aromatic heterocycles. The first kappa shape index (κ1) is 19.8. The van der Waals surface area contributed by atoms with Crippen molar-refractivity contribution in [2.45, 2.75) is 0 Å². The molecule has 0 N–H and O–H groups in total. The fraction of sp³-hybridized carbons (Fsp3) is 0.333. The van der Waals surface area contributed by atoms with Crippen molar-refractivity contribution in [3.63, 3.8) is 0 Å². The second-order valence-electron chi connectivity index (χ2n) is 7.26. The predicted molar refractivity (Wildman–Crippen MR) is 110 cm³/mol. The van der Waals surface area contributed by atoms with E-state index in [9.17, 15) is 14.4 Å². The largest absolute Gasteiger partial charge is 0.375 e. The number of hydrogen-bond donors (Lipinski definition) is 0. The van der Waals surface area contributed by atoms with Crippen LogP contribution in [0, 0.1) is 0 Å². The van der Waals surface area contributed by atoms with Gasteiger partial charge in [0.15, 0.2) is 0 Å². The Morgan fingerprint density at radius 2 is 1.70 bits per heavy atom. The number of pyridine rings is 1. The highest BCUT2D eigenvalue weighted by molar-refractivity contribution is 6.00. The van der Waals surface area contributed by atoms with Gasteiger partial charge in [-0.1, -0.05) is 18.2 Å². The van der Waals surface area contributed by atoms with Gasteiger partial charge in [-0.05, 0) is 12.1 Å². The van der Waals surface area contributed by atoms with Crippen LogP contribution in [0.3, 0.4) is 0 Å². The smallest absolute Gasteiger partial charge is 0.282 e. The van der Waals surface area contributed by atoms with E-state index in [0.29, 0.717) is 48.7 Å². The molecular formula is C21H23N5O4. The first-order valence-corrected chi connectivity index (χ1v) is 9.70. The molecule has 1 saturated heterocycles. The van der Waals surface area contributed by atoms with E-state index in [1.54, 1.807) is 45.9 Å². The average Bonchev–Trinajstić information content (AvgIpc) is 3.10. The summed E-state index contributed by atoms with van der Waals surface area (Å²) in [4.78, 5) is 41.5. The lowest BCUT2D eigenvalue weighted by Crippen LogP contribution is -2.51. The number of methoxy groups -OCH3 is 1. The Balaban J connectivity index is 1.64. The number of piperazine rings is 1. The Labute approximate surface area is 173 Å². The number of nitrogens with zero attached hydrogens (tertiary/aromatic N) is 5. The number of aromatic nitrogens is 3. The summed E-state index contributed by atoms with van der Waals surface area (Å²) >= 11 is 0. The highest BCUT2D eigenvalue weighted by Crippen LogP contribution is 2.23. The van der Waals surface area contributed by atoms with Gasteiger partial charge in [-0.15, -0.1) is 0 Å². The maximum absolute atomic E-state index is 13.3. The zero-order valence-electron chi connectivity index (χ0n) is 16.9. The Morgan fingerprint density at radius 3 is 2.37 bits per heavy atom. The molecule has 30 heavy (non-hydrogen) atoms. The monoisotopic (exact) mass is 409 g/mol. The molecule has 9 heteroatoms. The van der Waals surface area contributed by atoms with E-state index in [1.807, 2.05) is 18.2 Å². The SMILES string of the molecule is COCC(=O)N1CCN(C(=O)c2cn(C)cc3c(=O)n(-c4ccccc4)nc2-3)CC1. The van der Waals surface area contributed by atoms with Crippen LogP contribution < -0.4 is 5.56 Å². The molecule has 3 aliphatic rings. The number of benzene rings is 1. The van der Waals surface area contributed by atoms with Gasteiger partial charge in [0, 0.05) is 52.7 Å². The van der Waals surface area contributed by atoms with Gasteiger partial charge in [-0.2, -0.15) is 9.78 Å². The van der Waals surface area contributed by atoms with Crippen molar-refractivity contribution in [2.24, 2.45) is 7.05 Å². The van der Waals surface area contributed by atoms with E-state index in [2.05, 4.69) is 5.10 Å². The third-order valence-corrected chi connectivity index (χ3v) is 5.22. The quantitative estimate of drug-likeness (QED) is 0.630. The van der Waals surface area contributed by atoms with Crippen molar-refractivity contribution in [3.8, 4) is 16.9 Å². The van der Waals surface area contributed by atoms with Crippen molar-refractivity contribution in [3.05, 3.63) is 58.6 Å². The van der Waals surface area contributed by atoms with Crippen LogP contribution in [0.1, 0.15) is 10.4 Å².